The van der Waals surface area contributed by atoms with Gasteiger partial charge in [-0.05, 0) is 47.5 Å². The minimum Gasteiger partial charge on any atom is -0.465 e. The quantitative estimate of drug-likeness (QED) is 0.491. The van der Waals surface area contributed by atoms with Crippen molar-refractivity contribution < 1.29 is 14.7 Å². The van der Waals surface area contributed by atoms with Crippen molar-refractivity contribution in [1.82, 2.24) is 30.9 Å². The number of aromatic amines is 1. The van der Waals surface area contributed by atoms with Crippen LogP contribution in [-0.2, 0) is 4.79 Å². The molecule has 10 heteroatoms. The molecule has 29 heavy (non-hydrogen) atoms. The van der Waals surface area contributed by atoms with E-state index >= 15 is 0 Å². The summed E-state index contributed by atoms with van der Waals surface area (Å²) in [5.41, 5.74) is 3.44. The van der Waals surface area contributed by atoms with E-state index in [2.05, 4.69) is 36.2 Å². The molecule has 1 aliphatic heterocycles. The molecule has 2 bridgehead atoms. The standard InChI is InChI=1S/C19H17N7O3/c27-17-4-2-1-3-15(22-19(28)29)16-10-11(7-8-20-16)13-9-12(5-6-14(13)21-17)18-23-25-26-24-18/h1-2,5-10,15,22H,3-4H2,(H,21,27)(H,28,29)(H,23,24,25,26)/t15-/m0/s1. The second kappa shape index (κ2) is 7.89. The fraction of sp³-hybridized carbons (Fsp3) is 0.158. The molecule has 4 rings (SSSR count). The first-order chi connectivity index (χ1) is 14.1. The van der Waals surface area contributed by atoms with Crippen LogP contribution in [0.4, 0.5) is 10.5 Å². The van der Waals surface area contributed by atoms with Crippen LogP contribution in [0.2, 0.25) is 0 Å². The summed E-state index contributed by atoms with van der Waals surface area (Å²) in [4.78, 5) is 27.9. The van der Waals surface area contributed by atoms with Gasteiger partial charge in [0.2, 0.25) is 11.7 Å². The number of aromatic nitrogens is 5. The molecule has 0 spiro atoms. The van der Waals surface area contributed by atoms with Gasteiger partial charge < -0.3 is 15.7 Å². The van der Waals surface area contributed by atoms with E-state index in [9.17, 15) is 14.7 Å². The second-order valence-corrected chi connectivity index (χ2v) is 6.43. The predicted molar refractivity (Wildman–Crippen MR) is 104 cm³/mol. The minimum absolute atomic E-state index is 0.174. The Morgan fingerprint density at radius 1 is 1.17 bits per heavy atom. The van der Waals surface area contributed by atoms with Crippen LogP contribution < -0.4 is 10.6 Å². The number of rotatable bonds is 2. The zero-order valence-electron chi connectivity index (χ0n) is 15.2. The number of carboxylic acid groups (broad SMARTS) is 1. The van der Waals surface area contributed by atoms with Gasteiger partial charge in [-0.2, -0.15) is 5.21 Å². The Morgan fingerprint density at radius 3 is 2.86 bits per heavy atom. The lowest BCUT2D eigenvalue weighted by molar-refractivity contribution is -0.115. The molecule has 0 radical (unpaired) electrons. The van der Waals surface area contributed by atoms with Gasteiger partial charge in [-0.15, -0.1) is 10.2 Å². The summed E-state index contributed by atoms with van der Waals surface area (Å²) in [5.74, 6) is 0.250. The molecule has 1 aliphatic rings. The van der Waals surface area contributed by atoms with Crippen LogP contribution in [0.3, 0.4) is 0 Å². The maximum Gasteiger partial charge on any atom is 0.405 e. The monoisotopic (exact) mass is 391 g/mol. The summed E-state index contributed by atoms with van der Waals surface area (Å²) in [6, 6.07) is 8.50. The molecule has 3 aromatic rings. The molecule has 1 atom stereocenters. The van der Waals surface area contributed by atoms with Crippen LogP contribution in [0.1, 0.15) is 24.6 Å². The zero-order valence-corrected chi connectivity index (χ0v) is 15.2. The van der Waals surface area contributed by atoms with Crippen molar-refractivity contribution in [2.45, 2.75) is 18.9 Å². The van der Waals surface area contributed by atoms with E-state index in [1.807, 2.05) is 6.07 Å². The molecule has 3 heterocycles. The maximum absolute atomic E-state index is 12.3. The summed E-state index contributed by atoms with van der Waals surface area (Å²) < 4.78 is 0. The van der Waals surface area contributed by atoms with Gasteiger partial charge >= 0.3 is 6.09 Å². The Kier molecular flexibility index (Phi) is 4.97. The number of carbonyl (C=O) groups is 2. The highest BCUT2D eigenvalue weighted by atomic mass is 16.4. The van der Waals surface area contributed by atoms with Crippen molar-refractivity contribution in [2.75, 3.05) is 5.32 Å². The highest BCUT2D eigenvalue weighted by Crippen LogP contribution is 2.33. The number of carbonyl (C=O) groups excluding carboxylic acids is 1. The highest BCUT2D eigenvalue weighted by molar-refractivity contribution is 5.97. The Hall–Kier alpha value is -4.08. The number of pyridine rings is 1. The Morgan fingerprint density at radius 2 is 2.07 bits per heavy atom. The highest BCUT2D eigenvalue weighted by Gasteiger charge is 2.18. The van der Waals surface area contributed by atoms with Gasteiger partial charge in [0.25, 0.3) is 0 Å². The molecule has 10 nitrogen and oxygen atoms in total. The molecule has 4 N–H and O–H groups in total. The number of nitrogens with zero attached hydrogens (tertiary/aromatic N) is 4. The van der Waals surface area contributed by atoms with E-state index in [1.165, 1.54) is 0 Å². The molecule has 146 valence electrons. The van der Waals surface area contributed by atoms with Crippen molar-refractivity contribution in [2.24, 2.45) is 0 Å². The summed E-state index contributed by atoms with van der Waals surface area (Å²) >= 11 is 0. The van der Waals surface area contributed by atoms with Crippen molar-refractivity contribution in [3.05, 3.63) is 54.4 Å². The van der Waals surface area contributed by atoms with Gasteiger partial charge in [-0.1, -0.05) is 12.2 Å². The van der Waals surface area contributed by atoms with E-state index in [0.29, 0.717) is 23.6 Å². The van der Waals surface area contributed by atoms with Gasteiger partial charge in [-0.3, -0.25) is 9.78 Å². The average Bonchev–Trinajstić information content (AvgIpc) is 3.24. The number of amides is 2. The molecule has 0 fully saturated rings. The molecule has 0 aliphatic carbocycles. The van der Waals surface area contributed by atoms with Gasteiger partial charge in [0.15, 0.2) is 0 Å². The van der Waals surface area contributed by atoms with E-state index in [4.69, 9.17) is 0 Å². The summed E-state index contributed by atoms with van der Waals surface area (Å²) in [7, 11) is 0. The first kappa shape index (κ1) is 18.3. The van der Waals surface area contributed by atoms with E-state index < -0.39 is 12.1 Å². The Bertz CT molecular complexity index is 1080. The van der Waals surface area contributed by atoms with E-state index in [0.717, 1.165) is 16.7 Å². The van der Waals surface area contributed by atoms with Crippen LogP contribution in [0.15, 0.2) is 48.7 Å². The summed E-state index contributed by atoms with van der Waals surface area (Å²) in [6.07, 6.45) is 4.52. The average molecular weight is 391 g/mol. The number of hydrogen-bond donors (Lipinski definition) is 4. The third-order valence-electron chi connectivity index (χ3n) is 4.49. The van der Waals surface area contributed by atoms with Gasteiger partial charge in [0.05, 0.1) is 11.7 Å². The maximum atomic E-state index is 12.3. The van der Waals surface area contributed by atoms with Crippen LogP contribution in [0, 0.1) is 0 Å². The number of tetrazole rings is 1. The number of benzene rings is 1. The first-order valence-electron chi connectivity index (χ1n) is 8.88. The van der Waals surface area contributed by atoms with Crippen molar-refractivity contribution in [3.8, 4) is 22.5 Å². The molecular weight excluding hydrogens is 374 g/mol. The van der Waals surface area contributed by atoms with E-state index in [-0.39, 0.29) is 12.3 Å². The molecular formula is C19H17N7O3. The minimum atomic E-state index is -1.14. The number of H-pyrrole nitrogens is 1. The number of fused-ring (bicyclic) bond motifs is 4. The molecule has 0 saturated carbocycles. The second-order valence-electron chi connectivity index (χ2n) is 6.43. The van der Waals surface area contributed by atoms with Crippen molar-refractivity contribution in [1.29, 1.82) is 0 Å². The lowest BCUT2D eigenvalue weighted by Gasteiger charge is -2.18. The first-order valence-corrected chi connectivity index (χ1v) is 8.88. The third-order valence-corrected chi connectivity index (χ3v) is 4.49. The lowest BCUT2D eigenvalue weighted by atomic mass is 9.98. The fourth-order valence-corrected chi connectivity index (χ4v) is 3.15. The smallest absolute Gasteiger partial charge is 0.405 e. The number of nitrogens with one attached hydrogen (secondary N) is 3. The normalized spacial score (nSPS) is 16.1. The molecule has 2 aromatic heterocycles. The third kappa shape index (κ3) is 4.10. The van der Waals surface area contributed by atoms with E-state index in [1.54, 1.807) is 42.6 Å². The number of anilines is 1. The SMILES string of the molecule is O=C(O)N[C@H]1CC=CCC(=O)Nc2ccc(-c3nn[nH]n3)cc2-c2ccnc1c2. The lowest BCUT2D eigenvalue weighted by Crippen LogP contribution is -2.27. The van der Waals surface area contributed by atoms with Crippen LogP contribution in [0.25, 0.3) is 22.5 Å². The Labute approximate surface area is 165 Å². The molecule has 1 aromatic carbocycles. The fourth-order valence-electron chi connectivity index (χ4n) is 3.15. The van der Waals surface area contributed by atoms with Gasteiger partial charge in [0, 0.05) is 29.4 Å². The van der Waals surface area contributed by atoms with Crippen molar-refractivity contribution >= 4 is 17.7 Å². The van der Waals surface area contributed by atoms with Gasteiger partial charge in [0.1, 0.15) is 0 Å². The summed E-state index contributed by atoms with van der Waals surface area (Å²) in [5, 5.41) is 28.6. The van der Waals surface area contributed by atoms with Crippen molar-refractivity contribution in [3.63, 3.8) is 0 Å². The Balaban J connectivity index is 1.85. The van der Waals surface area contributed by atoms with Gasteiger partial charge in [-0.25, -0.2) is 4.79 Å². The van der Waals surface area contributed by atoms with Crippen LogP contribution in [0.5, 0.6) is 0 Å². The molecule has 0 unspecified atom stereocenters. The van der Waals surface area contributed by atoms with Crippen LogP contribution in [-0.4, -0.2) is 42.7 Å². The topological polar surface area (TPSA) is 146 Å². The zero-order chi connectivity index (χ0) is 20.2. The van der Waals surface area contributed by atoms with Crippen LogP contribution >= 0.6 is 0 Å². The largest absolute Gasteiger partial charge is 0.465 e. The predicted octanol–water partition coefficient (Wildman–Crippen LogP) is 2.53. The summed E-state index contributed by atoms with van der Waals surface area (Å²) in [6.45, 7) is 0. The molecule has 0 saturated heterocycles. The molecule has 2 amide bonds. The number of hydrogen-bond acceptors (Lipinski definition) is 6.